The van der Waals surface area contributed by atoms with Crippen molar-refractivity contribution in [3.8, 4) is 0 Å². The van der Waals surface area contributed by atoms with Gasteiger partial charge in [-0.05, 0) is 43.5 Å². The third-order valence-electron chi connectivity index (χ3n) is 4.95. The topological polar surface area (TPSA) is 31.7 Å². The van der Waals surface area contributed by atoms with Crippen LogP contribution in [0, 0.1) is 5.92 Å². The normalized spacial score (nSPS) is 23.3. The van der Waals surface area contributed by atoms with Crippen molar-refractivity contribution < 1.29 is 0 Å². The van der Waals surface area contributed by atoms with Crippen molar-refractivity contribution in [3.05, 3.63) is 23.8 Å². The molecule has 2 aromatic rings. The molecule has 2 aliphatic heterocycles. The van der Waals surface area contributed by atoms with Gasteiger partial charge < -0.3 is 9.80 Å². The van der Waals surface area contributed by atoms with Gasteiger partial charge in [0.1, 0.15) is 0 Å². The average molecular weight is 328 g/mol. The van der Waals surface area contributed by atoms with Gasteiger partial charge in [-0.3, -0.25) is 4.99 Å². The number of thiazole rings is 1. The van der Waals surface area contributed by atoms with Gasteiger partial charge in [-0.2, -0.15) is 0 Å². The Bertz CT molecular complexity index is 728. The molecule has 1 fully saturated rings. The Kier molecular flexibility index (Phi) is 4.07. The molecule has 1 aromatic heterocycles. The first-order valence-corrected chi connectivity index (χ1v) is 9.38. The molecule has 2 aliphatic rings. The highest BCUT2D eigenvalue weighted by atomic mass is 32.1. The highest BCUT2D eigenvalue weighted by Gasteiger charge is 2.18. The molecule has 0 unspecified atom stereocenters. The first kappa shape index (κ1) is 15.1. The Balaban J connectivity index is 1.60. The third kappa shape index (κ3) is 3.12. The van der Waals surface area contributed by atoms with E-state index in [-0.39, 0.29) is 0 Å². The molecule has 1 saturated heterocycles. The Labute approximate surface area is 141 Å². The third-order valence-corrected chi connectivity index (χ3v) is 6.05. The van der Waals surface area contributed by atoms with E-state index in [2.05, 4.69) is 42.0 Å². The minimum Gasteiger partial charge on any atom is -0.345 e. The van der Waals surface area contributed by atoms with Crippen molar-refractivity contribution in [1.29, 1.82) is 0 Å². The highest BCUT2D eigenvalue weighted by Crippen LogP contribution is 2.30. The number of piperazine rings is 1. The number of aliphatic imine (C=N–C) groups is 1. The van der Waals surface area contributed by atoms with Crippen LogP contribution in [-0.4, -0.2) is 55.4 Å². The number of likely N-dealkylation sites (N-methyl/N-ethyl adjacent to an activating group) is 1. The number of aromatic nitrogens is 1. The van der Waals surface area contributed by atoms with Crippen molar-refractivity contribution in [1.82, 2.24) is 9.88 Å². The lowest BCUT2D eigenvalue weighted by Crippen LogP contribution is -2.44. The molecule has 0 amide bonds. The summed E-state index contributed by atoms with van der Waals surface area (Å²) in [6.07, 6.45) is 2.35. The van der Waals surface area contributed by atoms with Crippen LogP contribution in [0.25, 0.3) is 10.2 Å². The summed E-state index contributed by atoms with van der Waals surface area (Å²) >= 11 is 1.82. The number of anilines is 1. The number of nitrogens with zero attached hydrogens (tertiary/aromatic N) is 4. The van der Waals surface area contributed by atoms with Crippen molar-refractivity contribution in [2.45, 2.75) is 19.8 Å². The smallest absolute Gasteiger partial charge is 0.186 e. The second kappa shape index (κ2) is 6.21. The number of hydrogen-bond acceptors (Lipinski definition) is 5. The molecular weight excluding hydrogens is 304 g/mol. The zero-order chi connectivity index (χ0) is 15.8. The van der Waals surface area contributed by atoms with Crippen molar-refractivity contribution in [2.24, 2.45) is 10.9 Å². The minimum absolute atomic E-state index is 0.727. The second-order valence-corrected chi connectivity index (χ2v) is 7.91. The maximum absolute atomic E-state index is 4.90. The Hall–Kier alpha value is -1.46. The molecule has 1 atom stereocenters. The fraction of sp³-hybridized carbons (Fsp3) is 0.556. The predicted octanol–water partition coefficient (Wildman–Crippen LogP) is 3.27. The molecule has 3 heterocycles. The summed E-state index contributed by atoms with van der Waals surface area (Å²) in [5.74, 6) is 0.727. The average Bonchev–Trinajstić information content (AvgIpc) is 2.99. The second-order valence-electron chi connectivity index (χ2n) is 6.90. The fourth-order valence-corrected chi connectivity index (χ4v) is 4.28. The van der Waals surface area contributed by atoms with Crippen LogP contribution < -0.4 is 4.90 Å². The van der Waals surface area contributed by atoms with Crippen molar-refractivity contribution >= 4 is 32.4 Å². The lowest BCUT2D eigenvalue weighted by Gasteiger charge is -2.32. The van der Waals surface area contributed by atoms with Crippen LogP contribution in [0.5, 0.6) is 0 Å². The van der Waals surface area contributed by atoms with E-state index in [1.807, 2.05) is 11.3 Å². The van der Waals surface area contributed by atoms with Gasteiger partial charge in [0.2, 0.25) is 0 Å². The molecule has 0 saturated carbocycles. The van der Waals surface area contributed by atoms with E-state index in [9.17, 15) is 0 Å². The summed E-state index contributed by atoms with van der Waals surface area (Å²) in [5, 5.41) is 1.17. The zero-order valence-electron chi connectivity index (χ0n) is 14.0. The van der Waals surface area contributed by atoms with E-state index in [0.717, 1.165) is 50.6 Å². The standard InChI is InChI=1S/C18H24N4S/c1-13-3-5-15(19-12-13)14-4-6-17-16(11-14)20-18(23-17)22-9-7-21(2)8-10-22/h4,6,11,13H,3,5,7-10,12H2,1-2H3/t13-/m0/s1. The van der Waals surface area contributed by atoms with E-state index in [0.29, 0.717) is 0 Å². The SMILES string of the molecule is C[C@H]1CCC(c2ccc3sc(N4CCN(C)CC4)nc3c2)=NC1. The largest absolute Gasteiger partial charge is 0.345 e. The van der Waals surface area contributed by atoms with Gasteiger partial charge in [0.15, 0.2) is 5.13 Å². The molecule has 122 valence electrons. The molecule has 23 heavy (non-hydrogen) atoms. The molecular formula is C18H24N4S. The van der Waals surface area contributed by atoms with E-state index in [1.165, 1.54) is 27.5 Å². The van der Waals surface area contributed by atoms with Crippen LogP contribution in [0.3, 0.4) is 0 Å². The van der Waals surface area contributed by atoms with Crippen LogP contribution in [0.15, 0.2) is 23.2 Å². The van der Waals surface area contributed by atoms with Gasteiger partial charge >= 0.3 is 0 Å². The van der Waals surface area contributed by atoms with E-state index in [4.69, 9.17) is 9.98 Å². The maximum atomic E-state index is 4.90. The molecule has 0 radical (unpaired) electrons. The van der Waals surface area contributed by atoms with E-state index in [1.54, 1.807) is 0 Å². The van der Waals surface area contributed by atoms with Gasteiger partial charge in [-0.15, -0.1) is 0 Å². The monoisotopic (exact) mass is 328 g/mol. The van der Waals surface area contributed by atoms with Gasteiger partial charge in [0.05, 0.1) is 10.2 Å². The lowest BCUT2D eigenvalue weighted by molar-refractivity contribution is 0.313. The zero-order valence-corrected chi connectivity index (χ0v) is 14.8. The van der Waals surface area contributed by atoms with Crippen LogP contribution >= 0.6 is 11.3 Å². The Morgan fingerprint density at radius 2 is 2.00 bits per heavy atom. The van der Waals surface area contributed by atoms with Crippen molar-refractivity contribution in [3.63, 3.8) is 0 Å². The summed E-state index contributed by atoms with van der Waals surface area (Å²) in [6, 6.07) is 6.69. The molecule has 1 aromatic carbocycles. The summed E-state index contributed by atoms with van der Waals surface area (Å²) in [6.45, 7) is 7.65. The summed E-state index contributed by atoms with van der Waals surface area (Å²) in [4.78, 5) is 14.5. The lowest BCUT2D eigenvalue weighted by atomic mass is 9.96. The van der Waals surface area contributed by atoms with Crippen LogP contribution in [0.4, 0.5) is 5.13 Å². The Morgan fingerprint density at radius 3 is 2.74 bits per heavy atom. The van der Waals surface area contributed by atoms with Crippen LogP contribution in [0.1, 0.15) is 25.3 Å². The molecule has 0 N–H and O–H groups in total. The minimum atomic E-state index is 0.727. The van der Waals surface area contributed by atoms with Crippen LogP contribution in [0.2, 0.25) is 0 Å². The predicted molar refractivity (Wildman–Crippen MR) is 99.1 cm³/mol. The molecule has 4 nitrogen and oxygen atoms in total. The number of fused-ring (bicyclic) bond motifs is 1. The number of hydrogen-bond donors (Lipinski definition) is 0. The maximum Gasteiger partial charge on any atom is 0.186 e. The van der Waals surface area contributed by atoms with E-state index >= 15 is 0 Å². The number of benzene rings is 1. The summed E-state index contributed by atoms with van der Waals surface area (Å²) in [7, 11) is 2.19. The first-order valence-electron chi connectivity index (χ1n) is 8.57. The molecule has 4 rings (SSSR count). The number of rotatable bonds is 2. The summed E-state index contributed by atoms with van der Waals surface area (Å²) < 4.78 is 1.28. The van der Waals surface area contributed by atoms with Crippen molar-refractivity contribution in [2.75, 3.05) is 44.7 Å². The molecule has 0 bridgehead atoms. The van der Waals surface area contributed by atoms with E-state index < -0.39 is 0 Å². The first-order chi connectivity index (χ1) is 11.2. The molecule has 0 aliphatic carbocycles. The fourth-order valence-electron chi connectivity index (χ4n) is 3.28. The Morgan fingerprint density at radius 1 is 1.17 bits per heavy atom. The van der Waals surface area contributed by atoms with Gasteiger partial charge in [-0.25, -0.2) is 4.98 Å². The highest BCUT2D eigenvalue weighted by molar-refractivity contribution is 7.22. The molecule has 5 heteroatoms. The quantitative estimate of drug-likeness (QED) is 0.848. The van der Waals surface area contributed by atoms with Gasteiger partial charge in [0.25, 0.3) is 0 Å². The molecule has 0 spiro atoms. The van der Waals surface area contributed by atoms with Gasteiger partial charge in [-0.1, -0.05) is 24.3 Å². The van der Waals surface area contributed by atoms with Crippen LogP contribution in [-0.2, 0) is 0 Å². The van der Waals surface area contributed by atoms with Gasteiger partial charge in [0, 0.05) is 38.4 Å². The summed E-state index contributed by atoms with van der Waals surface area (Å²) in [5.41, 5.74) is 3.65.